The third kappa shape index (κ3) is 4.43. The predicted molar refractivity (Wildman–Crippen MR) is 117 cm³/mol. The van der Waals surface area contributed by atoms with E-state index < -0.39 is 0 Å². The fourth-order valence-corrected chi connectivity index (χ4v) is 4.11. The molecule has 2 aromatic carbocycles. The number of hydrogen-bond donors (Lipinski definition) is 1. The van der Waals surface area contributed by atoms with Gasteiger partial charge in [0.2, 0.25) is 0 Å². The Bertz CT molecular complexity index is 875. The van der Waals surface area contributed by atoms with Gasteiger partial charge in [0.25, 0.3) is 0 Å². The number of nitrogens with one attached hydrogen (secondary N) is 1. The lowest BCUT2D eigenvalue weighted by Gasteiger charge is -2.26. The normalized spacial score (nSPS) is 18.1. The number of ether oxygens (including phenoxy) is 3. The third-order valence-electron chi connectivity index (χ3n) is 5.71. The summed E-state index contributed by atoms with van der Waals surface area (Å²) in [6, 6.07) is 10.9. The van der Waals surface area contributed by atoms with Gasteiger partial charge in [0.05, 0.1) is 26.4 Å². The van der Waals surface area contributed by atoms with Crippen LogP contribution < -0.4 is 19.5 Å². The van der Waals surface area contributed by atoms with Crippen LogP contribution in [-0.2, 0) is 12.8 Å². The number of fused-ring (bicyclic) bond motifs is 2. The molecule has 0 bridgehead atoms. The van der Waals surface area contributed by atoms with Gasteiger partial charge in [-0.1, -0.05) is 43.7 Å². The van der Waals surface area contributed by atoms with Crippen molar-refractivity contribution in [1.82, 2.24) is 5.32 Å². The Kier molecular flexibility index (Phi) is 6.40. The number of aryl methyl sites for hydroxylation is 1. The smallest absolute Gasteiger partial charge is 0.161 e. The molecule has 0 aromatic heterocycles. The van der Waals surface area contributed by atoms with Gasteiger partial charge in [-0.05, 0) is 54.5 Å². The van der Waals surface area contributed by atoms with Crippen LogP contribution >= 0.6 is 0 Å². The second-order valence-corrected chi connectivity index (χ2v) is 7.73. The molecule has 2 heterocycles. The Balaban J connectivity index is 1.59. The largest absolute Gasteiger partial charge is 0.493 e. The summed E-state index contributed by atoms with van der Waals surface area (Å²) in [5.41, 5.74) is 5.06. The average Bonchev–Trinajstić information content (AvgIpc) is 2.77. The maximum absolute atomic E-state index is 5.98. The molecule has 2 aliphatic heterocycles. The highest BCUT2D eigenvalue weighted by molar-refractivity contribution is 5.62. The first-order valence-corrected chi connectivity index (χ1v) is 10.8. The van der Waals surface area contributed by atoms with E-state index >= 15 is 0 Å². The summed E-state index contributed by atoms with van der Waals surface area (Å²) >= 11 is 0. The van der Waals surface area contributed by atoms with E-state index in [-0.39, 0.29) is 6.04 Å². The molecule has 1 atom stereocenters. The quantitative estimate of drug-likeness (QED) is 0.665. The molecule has 0 spiro atoms. The van der Waals surface area contributed by atoms with Crippen LogP contribution in [0.1, 0.15) is 54.5 Å². The van der Waals surface area contributed by atoms with Gasteiger partial charge in [-0.2, -0.15) is 0 Å². The Morgan fingerprint density at radius 3 is 2.97 bits per heavy atom. The number of hydrogen-bond acceptors (Lipinski definition) is 4. The molecule has 2 aromatic rings. The van der Waals surface area contributed by atoms with Crippen LogP contribution in [0.2, 0.25) is 0 Å². The number of para-hydroxylation sites is 1. The van der Waals surface area contributed by atoms with E-state index in [0.29, 0.717) is 0 Å². The zero-order valence-electron chi connectivity index (χ0n) is 17.5. The van der Waals surface area contributed by atoms with Gasteiger partial charge in [0.15, 0.2) is 11.5 Å². The van der Waals surface area contributed by atoms with Crippen molar-refractivity contribution in [1.29, 1.82) is 0 Å². The molecule has 1 N–H and O–H groups in total. The van der Waals surface area contributed by atoms with Crippen molar-refractivity contribution in [2.24, 2.45) is 0 Å². The highest BCUT2D eigenvalue weighted by Gasteiger charge is 2.21. The monoisotopic (exact) mass is 393 g/mol. The molecule has 4 heteroatoms. The van der Waals surface area contributed by atoms with Crippen LogP contribution in [0.5, 0.6) is 17.2 Å². The number of rotatable bonds is 7. The number of benzene rings is 2. The first-order valence-electron chi connectivity index (χ1n) is 10.8. The van der Waals surface area contributed by atoms with Gasteiger partial charge in [0, 0.05) is 12.1 Å². The van der Waals surface area contributed by atoms with Crippen molar-refractivity contribution in [3.63, 3.8) is 0 Å². The predicted octanol–water partition coefficient (Wildman–Crippen LogP) is 5.10. The average molecular weight is 394 g/mol. The molecular weight excluding hydrogens is 362 g/mol. The SMILES string of the molecule is CCCCOc1cc2c(cc1OC)C(/C=C/c1cccc3c1OCCC3)NCC2. The Morgan fingerprint density at radius 2 is 2.10 bits per heavy atom. The van der Waals surface area contributed by atoms with Crippen molar-refractivity contribution in [3.05, 3.63) is 58.7 Å². The molecule has 0 radical (unpaired) electrons. The van der Waals surface area contributed by atoms with E-state index in [9.17, 15) is 0 Å². The summed E-state index contributed by atoms with van der Waals surface area (Å²) in [4.78, 5) is 0. The minimum atomic E-state index is 0.150. The van der Waals surface area contributed by atoms with Gasteiger partial charge in [0.1, 0.15) is 5.75 Å². The zero-order chi connectivity index (χ0) is 20.1. The highest BCUT2D eigenvalue weighted by Crippen LogP contribution is 2.37. The van der Waals surface area contributed by atoms with E-state index in [0.717, 1.165) is 74.7 Å². The summed E-state index contributed by atoms with van der Waals surface area (Å²) in [6.45, 7) is 4.66. The lowest BCUT2D eigenvalue weighted by molar-refractivity contribution is 0.287. The van der Waals surface area contributed by atoms with Crippen molar-refractivity contribution < 1.29 is 14.2 Å². The Hall–Kier alpha value is -2.46. The van der Waals surface area contributed by atoms with E-state index in [2.05, 4.69) is 54.7 Å². The lowest BCUT2D eigenvalue weighted by Crippen LogP contribution is -2.28. The topological polar surface area (TPSA) is 39.7 Å². The molecular formula is C25H31NO3. The molecule has 0 saturated heterocycles. The molecule has 1 unspecified atom stereocenters. The molecule has 0 aliphatic carbocycles. The number of methoxy groups -OCH3 is 1. The summed E-state index contributed by atoms with van der Waals surface area (Å²) in [5, 5.41) is 3.62. The van der Waals surface area contributed by atoms with Crippen molar-refractivity contribution >= 4 is 6.08 Å². The first-order chi connectivity index (χ1) is 14.3. The molecule has 4 rings (SSSR count). The molecule has 4 nitrogen and oxygen atoms in total. The van der Waals surface area contributed by atoms with Crippen LogP contribution in [-0.4, -0.2) is 26.9 Å². The van der Waals surface area contributed by atoms with Crippen LogP contribution in [0.15, 0.2) is 36.4 Å². The minimum absolute atomic E-state index is 0.150. The Labute approximate surface area is 173 Å². The van der Waals surface area contributed by atoms with Crippen molar-refractivity contribution in [3.8, 4) is 17.2 Å². The van der Waals surface area contributed by atoms with E-state index in [1.54, 1.807) is 7.11 Å². The van der Waals surface area contributed by atoms with Crippen LogP contribution in [0.25, 0.3) is 6.08 Å². The van der Waals surface area contributed by atoms with Gasteiger partial charge >= 0.3 is 0 Å². The lowest BCUT2D eigenvalue weighted by atomic mass is 9.92. The summed E-state index contributed by atoms with van der Waals surface area (Å²) in [5.74, 6) is 2.71. The van der Waals surface area contributed by atoms with Gasteiger partial charge in [-0.15, -0.1) is 0 Å². The van der Waals surface area contributed by atoms with Gasteiger partial charge in [-0.3, -0.25) is 0 Å². The molecule has 154 valence electrons. The zero-order valence-corrected chi connectivity index (χ0v) is 17.5. The second kappa shape index (κ2) is 9.36. The Morgan fingerprint density at radius 1 is 1.17 bits per heavy atom. The third-order valence-corrected chi connectivity index (χ3v) is 5.71. The number of unbranched alkanes of at least 4 members (excludes halogenated alkanes) is 1. The maximum atomic E-state index is 5.98. The molecule has 2 aliphatic rings. The van der Waals surface area contributed by atoms with E-state index in [1.807, 2.05) is 0 Å². The molecule has 0 fully saturated rings. The minimum Gasteiger partial charge on any atom is -0.493 e. The van der Waals surface area contributed by atoms with Crippen molar-refractivity contribution in [2.75, 3.05) is 26.9 Å². The standard InChI is InChI=1S/C25H31NO3/c1-3-4-14-28-24-16-20-12-13-26-22(21(20)17-23(24)27-2)11-10-19-8-5-7-18-9-6-15-29-25(18)19/h5,7-8,10-11,16-17,22,26H,3-4,6,9,12-15H2,1-2H3/b11-10+. The highest BCUT2D eigenvalue weighted by atomic mass is 16.5. The van der Waals surface area contributed by atoms with Crippen LogP contribution in [0.4, 0.5) is 0 Å². The van der Waals surface area contributed by atoms with Crippen LogP contribution in [0, 0.1) is 0 Å². The fourth-order valence-electron chi connectivity index (χ4n) is 4.11. The molecule has 0 amide bonds. The van der Waals surface area contributed by atoms with Crippen LogP contribution in [0.3, 0.4) is 0 Å². The fraction of sp³-hybridized carbons (Fsp3) is 0.440. The summed E-state index contributed by atoms with van der Waals surface area (Å²) < 4.78 is 17.6. The first kappa shape index (κ1) is 19.8. The second-order valence-electron chi connectivity index (χ2n) is 7.73. The summed E-state index contributed by atoms with van der Waals surface area (Å²) in [6.07, 6.45) is 9.79. The van der Waals surface area contributed by atoms with Crippen molar-refractivity contribution in [2.45, 2.75) is 45.1 Å². The van der Waals surface area contributed by atoms with Gasteiger partial charge < -0.3 is 19.5 Å². The van der Waals surface area contributed by atoms with Gasteiger partial charge in [-0.25, -0.2) is 0 Å². The molecule has 0 saturated carbocycles. The van der Waals surface area contributed by atoms with E-state index in [1.165, 1.54) is 16.7 Å². The van der Waals surface area contributed by atoms with E-state index in [4.69, 9.17) is 14.2 Å². The summed E-state index contributed by atoms with van der Waals surface area (Å²) in [7, 11) is 1.71. The maximum Gasteiger partial charge on any atom is 0.161 e. The molecule has 29 heavy (non-hydrogen) atoms.